The fraction of sp³-hybridized carbons (Fsp3) is 0.143. The van der Waals surface area contributed by atoms with E-state index in [1.54, 1.807) is 6.92 Å². The second kappa shape index (κ2) is 5.69. The molecule has 0 radical (unpaired) electrons. The highest BCUT2D eigenvalue weighted by atomic mass is 19.2. The highest BCUT2D eigenvalue weighted by Crippen LogP contribution is 2.17. The Morgan fingerprint density at radius 3 is 2.96 bits per heavy atom. The molecule has 3 aromatic rings. The van der Waals surface area contributed by atoms with Gasteiger partial charge in [-0.2, -0.15) is 5.10 Å². The van der Waals surface area contributed by atoms with Gasteiger partial charge >= 0.3 is 0 Å². The van der Waals surface area contributed by atoms with Crippen LogP contribution in [-0.4, -0.2) is 31.0 Å². The Morgan fingerprint density at radius 1 is 1.39 bits per heavy atom. The number of hydrazine groups is 1. The van der Waals surface area contributed by atoms with Gasteiger partial charge in [0.25, 0.3) is 0 Å². The van der Waals surface area contributed by atoms with Crippen LogP contribution in [0.4, 0.5) is 8.78 Å². The maximum atomic E-state index is 13.7. The summed E-state index contributed by atoms with van der Waals surface area (Å²) in [6.07, 6.45) is 1.53. The Labute approximate surface area is 129 Å². The van der Waals surface area contributed by atoms with E-state index in [1.807, 2.05) is 0 Å². The fourth-order valence-electron chi connectivity index (χ4n) is 2.15. The van der Waals surface area contributed by atoms with E-state index in [2.05, 4.69) is 20.2 Å². The maximum Gasteiger partial charge on any atom is 0.164 e. The molecule has 4 N–H and O–H groups in total. The standard InChI is InChI=1S/C14H13F2N7/c1-7-19-5-9-12(21-22-14(9)20-7)13(17)23(18)6-8-3-2-4-10(15)11(8)16/h2-5,17H,6,18H2,1H3,(H,19,20,21,22). The first-order chi connectivity index (χ1) is 11.0. The molecule has 3 rings (SSSR count). The topological polar surface area (TPSA) is 108 Å². The minimum absolute atomic E-state index is 0.0455. The van der Waals surface area contributed by atoms with E-state index in [4.69, 9.17) is 11.3 Å². The van der Waals surface area contributed by atoms with E-state index in [1.165, 1.54) is 18.3 Å². The molecule has 0 fully saturated rings. The van der Waals surface area contributed by atoms with Gasteiger partial charge in [0.2, 0.25) is 0 Å². The molecule has 9 heteroatoms. The van der Waals surface area contributed by atoms with Crippen molar-refractivity contribution in [1.82, 2.24) is 25.2 Å². The monoisotopic (exact) mass is 317 g/mol. The van der Waals surface area contributed by atoms with Gasteiger partial charge in [0, 0.05) is 11.8 Å². The number of amidine groups is 1. The van der Waals surface area contributed by atoms with Crippen LogP contribution in [0.3, 0.4) is 0 Å². The van der Waals surface area contributed by atoms with Gasteiger partial charge in [-0.25, -0.2) is 24.6 Å². The van der Waals surface area contributed by atoms with Crippen LogP contribution < -0.4 is 5.84 Å². The van der Waals surface area contributed by atoms with E-state index in [0.29, 0.717) is 16.9 Å². The second-order valence-electron chi connectivity index (χ2n) is 4.94. The Bertz CT molecular complexity index is 890. The number of halogens is 2. The highest BCUT2D eigenvalue weighted by molar-refractivity contribution is 6.04. The first kappa shape index (κ1) is 15.0. The molecule has 23 heavy (non-hydrogen) atoms. The van der Waals surface area contributed by atoms with E-state index >= 15 is 0 Å². The first-order valence-corrected chi connectivity index (χ1v) is 6.69. The van der Waals surface area contributed by atoms with Crippen molar-refractivity contribution in [3.63, 3.8) is 0 Å². The number of H-pyrrole nitrogens is 1. The van der Waals surface area contributed by atoms with Gasteiger partial charge in [-0.05, 0) is 13.0 Å². The van der Waals surface area contributed by atoms with E-state index < -0.39 is 11.6 Å². The number of aromatic amines is 1. The molecule has 0 saturated heterocycles. The summed E-state index contributed by atoms with van der Waals surface area (Å²) >= 11 is 0. The number of rotatable bonds is 3. The van der Waals surface area contributed by atoms with Gasteiger partial charge in [0.1, 0.15) is 11.5 Å². The number of nitrogens with two attached hydrogens (primary N) is 1. The van der Waals surface area contributed by atoms with Crippen LogP contribution in [-0.2, 0) is 6.54 Å². The van der Waals surface area contributed by atoms with Crippen LogP contribution in [0.1, 0.15) is 17.1 Å². The molecule has 2 aromatic heterocycles. The lowest BCUT2D eigenvalue weighted by atomic mass is 10.2. The predicted molar refractivity (Wildman–Crippen MR) is 79.3 cm³/mol. The lowest BCUT2D eigenvalue weighted by Gasteiger charge is -2.18. The average Bonchev–Trinajstić information content (AvgIpc) is 2.93. The van der Waals surface area contributed by atoms with Crippen LogP contribution in [0.25, 0.3) is 11.0 Å². The quantitative estimate of drug-likeness (QED) is 0.294. The second-order valence-corrected chi connectivity index (χ2v) is 4.94. The molecule has 0 unspecified atom stereocenters. The number of hydrogen-bond donors (Lipinski definition) is 3. The SMILES string of the molecule is Cc1ncc2c(C(=N)N(N)Cc3cccc(F)c3F)n[nH]c2n1. The van der Waals surface area contributed by atoms with E-state index in [9.17, 15) is 8.78 Å². The molecule has 0 spiro atoms. The third kappa shape index (κ3) is 2.73. The predicted octanol–water partition coefficient (Wildman–Crippen LogP) is 1.64. The van der Waals surface area contributed by atoms with Crippen molar-refractivity contribution in [2.45, 2.75) is 13.5 Å². The number of aromatic nitrogens is 4. The largest absolute Gasteiger partial charge is 0.289 e. The molecule has 0 amide bonds. The number of benzene rings is 1. The molecule has 7 nitrogen and oxygen atoms in total. The van der Waals surface area contributed by atoms with Gasteiger partial charge in [-0.15, -0.1) is 0 Å². The lowest BCUT2D eigenvalue weighted by molar-refractivity contribution is 0.409. The van der Waals surface area contributed by atoms with Gasteiger partial charge in [0.15, 0.2) is 23.1 Å². The Kier molecular flexibility index (Phi) is 3.70. The first-order valence-electron chi connectivity index (χ1n) is 6.69. The van der Waals surface area contributed by atoms with Crippen LogP contribution in [0.15, 0.2) is 24.4 Å². The molecular formula is C14H13F2N7. The van der Waals surface area contributed by atoms with Crippen molar-refractivity contribution in [3.05, 3.63) is 53.1 Å². The summed E-state index contributed by atoms with van der Waals surface area (Å²) in [6.45, 7) is 1.55. The van der Waals surface area contributed by atoms with Gasteiger partial charge < -0.3 is 0 Å². The van der Waals surface area contributed by atoms with Crippen LogP contribution in [0.2, 0.25) is 0 Å². The van der Waals surface area contributed by atoms with Gasteiger partial charge in [-0.3, -0.25) is 15.5 Å². The fourth-order valence-corrected chi connectivity index (χ4v) is 2.15. The smallest absolute Gasteiger partial charge is 0.164 e. The number of aryl methyl sites for hydroxylation is 1. The normalized spacial score (nSPS) is 11.0. The number of hydrogen-bond acceptors (Lipinski definition) is 5. The summed E-state index contributed by atoms with van der Waals surface area (Å²) in [7, 11) is 0. The third-order valence-corrected chi connectivity index (χ3v) is 3.32. The molecule has 0 aliphatic heterocycles. The number of fused-ring (bicyclic) bond motifs is 1. The molecule has 118 valence electrons. The molecule has 0 atom stereocenters. The van der Waals surface area contributed by atoms with Crippen molar-refractivity contribution < 1.29 is 8.78 Å². The zero-order valence-corrected chi connectivity index (χ0v) is 12.1. The summed E-state index contributed by atoms with van der Waals surface area (Å²) in [5.74, 6) is 4.26. The summed E-state index contributed by atoms with van der Waals surface area (Å²) in [4.78, 5) is 8.21. The van der Waals surface area contributed by atoms with Crippen LogP contribution >= 0.6 is 0 Å². The summed E-state index contributed by atoms with van der Waals surface area (Å²) in [6, 6.07) is 3.80. The zero-order valence-electron chi connectivity index (χ0n) is 12.1. The average molecular weight is 317 g/mol. The molecule has 0 bridgehead atoms. The molecule has 1 aromatic carbocycles. The van der Waals surface area contributed by atoms with E-state index in [-0.39, 0.29) is 23.6 Å². The summed E-state index contributed by atoms with van der Waals surface area (Å²) in [5, 5.41) is 16.3. The molecular weight excluding hydrogens is 304 g/mol. The molecule has 2 heterocycles. The Balaban J connectivity index is 1.88. The zero-order chi connectivity index (χ0) is 16.6. The van der Waals surface area contributed by atoms with Crippen molar-refractivity contribution in [1.29, 1.82) is 5.41 Å². The van der Waals surface area contributed by atoms with Crippen LogP contribution in [0.5, 0.6) is 0 Å². The molecule has 0 aliphatic rings. The maximum absolute atomic E-state index is 13.7. The minimum Gasteiger partial charge on any atom is -0.289 e. The number of nitrogens with one attached hydrogen (secondary N) is 2. The van der Waals surface area contributed by atoms with Crippen molar-refractivity contribution in [2.75, 3.05) is 0 Å². The molecule has 0 aliphatic carbocycles. The van der Waals surface area contributed by atoms with Crippen molar-refractivity contribution in [3.8, 4) is 0 Å². The Morgan fingerprint density at radius 2 is 2.17 bits per heavy atom. The van der Waals surface area contributed by atoms with Crippen molar-refractivity contribution in [2.24, 2.45) is 5.84 Å². The van der Waals surface area contributed by atoms with Crippen LogP contribution in [0, 0.1) is 24.0 Å². The summed E-state index contributed by atoms with van der Waals surface area (Å²) < 4.78 is 26.9. The summed E-state index contributed by atoms with van der Waals surface area (Å²) in [5.41, 5.74) is 0.756. The molecule has 0 saturated carbocycles. The highest BCUT2D eigenvalue weighted by Gasteiger charge is 2.18. The number of nitrogens with zero attached hydrogens (tertiary/aromatic N) is 4. The minimum atomic E-state index is -0.985. The van der Waals surface area contributed by atoms with Gasteiger partial charge in [0.05, 0.1) is 11.9 Å². The third-order valence-electron chi connectivity index (χ3n) is 3.32. The Hall–Kier alpha value is -2.94. The lowest BCUT2D eigenvalue weighted by Crippen LogP contribution is -2.37. The van der Waals surface area contributed by atoms with Crippen molar-refractivity contribution >= 4 is 16.9 Å². The van der Waals surface area contributed by atoms with E-state index in [0.717, 1.165) is 11.1 Å². The van der Waals surface area contributed by atoms with Gasteiger partial charge in [-0.1, -0.05) is 12.1 Å².